The summed E-state index contributed by atoms with van der Waals surface area (Å²) in [5.41, 5.74) is 8.23. The highest BCUT2D eigenvalue weighted by atomic mass is 15.1. The molecular formula is C25H38N2. The molecule has 1 aliphatic rings. The lowest BCUT2D eigenvalue weighted by atomic mass is 10.0. The fourth-order valence-electron chi connectivity index (χ4n) is 3.02. The van der Waals surface area contributed by atoms with Gasteiger partial charge in [0.2, 0.25) is 0 Å². The molecule has 2 heteroatoms. The number of nitrogens with one attached hydrogen (secondary N) is 1. The first-order valence-corrected chi connectivity index (χ1v) is 10.2. The Morgan fingerprint density at radius 1 is 0.963 bits per heavy atom. The van der Waals surface area contributed by atoms with Crippen LogP contribution in [0.4, 0.5) is 0 Å². The molecule has 0 spiro atoms. The molecule has 1 heterocycles. The lowest BCUT2D eigenvalue weighted by Crippen LogP contribution is -2.40. The fraction of sp³-hybridized carbons (Fsp3) is 0.480. The molecule has 0 fully saturated rings. The Bertz CT molecular complexity index is 770. The number of hydrogen-bond acceptors (Lipinski definition) is 2. The van der Waals surface area contributed by atoms with Crippen molar-refractivity contribution >= 4 is 5.84 Å². The number of amidine groups is 1. The van der Waals surface area contributed by atoms with E-state index in [0.29, 0.717) is 0 Å². The summed E-state index contributed by atoms with van der Waals surface area (Å²) in [6.07, 6.45) is 1.15. The first-order chi connectivity index (χ1) is 12.7. The first kappa shape index (κ1) is 23.0. The van der Waals surface area contributed by atoms with Crippen LogP contribution < -0.4 is 5.32 Å². The first-order valence-electron chi connectivity index (χ1n) is 10.2. The molecule has 27 heavy (non-hydrogen) atoms. The van der Waals surface area contributed by atoms with E-state index in [1.165, 1.54) is 33.4 Å². The van der Waals surface area contributed by atoms with Crippen molar-refractivity contribution in [3.05, 3.63) is 69.8 Å². The molecule has 0 radical (unpaired) electrons. The highest BCUT2D eigenvalue weighted by molar-refractivity contribution is 6.01. The lowest BCUT2D eigenvalue weighted by molar-refractivity contribution is 0.506. The number of aliphatic imine (C=N–C) groups is 1. The van der Waals surface area contributed by atoms with Gasteiger partial charge < -0.3 is 5.32 Å². The Hall–Kier alpha value is -2.09. The predicted octanol–water partition coefficient (Wildman–Crippen LogP) is 6.32. The molecule has 1 N–H and O–H groups in total. The normalized spacial score (nSPS) is 14.2. The Kier molecular flexibility index (Phi) is 8.75. The molecule has 148 valence electrons. The molecular weight excluding hydrogens is 328 g/mol. The molecule has 2 aromatic rings. The van der Waals surface area contributed by atoms with Gasteiger partial charge in [-0.3, -0.25) is 4.99 Å². The van der Waals surface area contributed by atoms with Crippen LogP contribution in [-0.4, -0.2) is 17.9 Å². The molecule has 0 aromatic heterocycles. The van der Waals surface area contributed by atoms with Crippen LogP contribution in [0.1, 0.15) is 68.0 Å². The maximum atomic E-state index is 4.57. The van der Waals surface area contributed by atoms with Crippen molar-refractivity contribution in [3.8, 4) is 0 Å². The van der Waals surface area contributed by atoms with Crippen LogP contribution in [-0.2, 0) is 6.42 Å². The zero-order valence-corrected chi connectivity index (χ0v) is 18.8. The summed E-state index contributed by atoms with van der Waals surface area (Å²) in [5.74, 6) is 1.04. The largest absolute Gasteiger partial charge is 0.363 e. The van der Waals surface area contributed by atoms with Gasteiger partial charge in [0.25, 0.3) is 0 Å². The van der Waals surface area contributed by atoms with Gasteiger partial charge in [-0.1, -0.05) is 62.7 Å². The molecule has 0 saturated carbocycles. The van der Waals surface area contributed by atoms with Crippen molar-refractivity contribution in [2.24, 2.45) is 4.99 Å². The van der Waals surface area contributed by atoms with Crippen LogP contribution >= 0.6 is 0 Å². The van der Waals surface area contributed by atoms with Crippen molar-refractivity contribution in [1.29, 1.82) is 0 Å². The van der Waals surface area contributed by atoms with Crippen molar-refractivity contribution < 1.29 is 0 Å². The van der Waals surface area contributed by atoms with Crippen LogP contribution in [0.3, 0.4) is 0 Å². The molecule has 0 bridgehead atoms. The number of rotatable bonds is 2. The molecule has 2 nitrogen and oxygen atoms in total. The minimum Gasteiger partial charge on any atom is -0.363 e. The average Bonchev–Trinajstić information content (AvgIpc) is 3.01. The second-order valence-corrected chi connectivity index (χ2v) is 7.70. The van der Waals surface area contributed by atoms with E-state index in [1.54, 1.807) is 0 Å². The zero-order chi connectivity index (χ0) is 20.6. The summed E-state index contributed by atoms with van der Waals surface area (Å²) in [6, 6.07) is 13.0. The number of nitrogens with zero attached hydrogens (tertiary/aromatic N) is 1. The Morgan fingerprint density at radius 2 is 1.63 bits per heavy atom. The third kappa shape index (κ3) is 6.53. The SMILES string of the molecule is CC.CCc1cc(C)ccc1C.Cc1cccc(C2=NCC(C)(C)N2)c1C. The molecule has 0 atom stereocenters. The van der Waals surface area contributed by atoms with Crippen molar-refractivity contribution in [1.82, 2.24) is 5.32 Å². The monoisotopic (exact) mass is 366 g/mol. The third-order valence-corrected chi connectivity index (χ3v) is 4.83. The minimum absolute atomic E-state index is 0.103. The quantitative estimate of drug-likeness (QED) is 0.660. The van der Waals surface area contributed by atoms with Crippen LogP contribution in [0.15, 0.2) is 41.4 Å². The van der Waals surface area contributed by atoms with Crippen molar-refractivity contribution in [3.63, 3.8) is 0 Å². The standard InChI is InChI=1S/C13H18N2.C10H14.C2H6/c1-9-6-5-7-11(10(9)2)12-14-8-13(3,4)15-12;1-4-10-7-8(2)5-6-9(10)3;1-2/h5-7H,8H2,1-4H3,(H,14,15);5-7H,4H2,1-3H3;1-2H3. The number of aryl methyl sites for hydroxylation is 4. The third-order valence-electron chi connectivity index (χ3n) is 4.83. The Labute approximate surface area is 167 Å². The van der Waals surface area contributed by atoms with Gasteiger partial charge in [0, 0.05) is 5.56 Å². The summed E-state index contributed by atoms with van der Waals surface area (Å²) in [6.45, 7) is 20.0. The molecule has 0 amide bonds. The topological polar surface area (TPSA) is 24.4 Å². The van der Waals surface area contributed by atoms with Crippen LogP contribution in [0.2, 0.25) is 0 Å². The van der Waals surface area contributed by atoms with Gasteiger partial charge in [0.1, 0.15) is 5.84 Å². The van der Waals surface area contributed by atoms with Gasteiger partial charge in [0.05, 0.1) is 12.1 Å². The van der Waals surface area contributed by atoms with E-state index in [-0.39, 0.29) is 5.54 Å². The van der Waals surface area contributed by atoms with Crippen LogP contribution in [0.25, 0.3) is 0 Å². The summed E-state index contributed by atoms with van der Waals surface area (Å²) < 4.78 is 0. The molecule has 3 rings (SSSR count). The van der Waals surface area contributed by atoms with Gasteiger partial charge in [0.15, 0.2) is 0 Å². The van der Waals surface area contributed by atoms with Gasteiger partial charge in [-0.15, -0.1) is 0 Å². The van der Waals surface area contributed by atoms with Gasteiger partial charge >= 0.3 is 0 Å². The van der Waals surface area contributed by atoms with Gasteiger partial charge in [-0.2, -0.15) is 0 Å². The second-order valence-electron chi connectivity index (χ2n) is 7.70. The summed E-state index contributed by atoms with van der Waals surface area (Å²) >= 11 is 0. The van der Waals surface area contributed by atoms with E-state index in [9.17, 15) is 0 Å². The molecule has 2 aromatic carbocycles. The highest BCUT2D eigenvalue weighted by Gasteiger charge is 2.26. The van der Waals surface area contributed by atoms with E-state index in [1.807, 2.05) is 13.8 Å². The van der Waals surface area contributed by atoms with E-state index in [4.69, 9.17) is 0 Å². The van der Waals surface area contributed by atoms with Crippen LogP contribution in [0, 0.1) is 27.7 Å². The predicted molar refractivity (Wildman–Crippen MR) is 121 cm³/mol. The number of hydrogen-bond donors (Lipinski definition) is 1. The molecule has 0 saturated heterocycles. The molecule has 0 unspecified atom stereocenters. The highest BCUT2D eigenvalue weighted by Crippen LogP contribution is 2.18. The lowest BCUT2D eigenvalue weighted by Gasteiger charge is -2.19. The second kappa shape index (κ2) is 10.3. The van der Waals surface area contributed by atoms with Gasteiger partial charge in [-0.05, 0) is 70.2 Å². The van der Waals surface area contributed by atoms with E-state index in [2.05, 4.69) is 95.2 Å². The Morgan fingerprint density at radius 3 is 2.15 bits per heavy atom. The average molecular weight is 367 g/mol. The van der Waals surface area contributed by atoms with Crippen molar-refractivity contribution in [2.45, 2.75) is 74.3 Å². The smallest absolute Gasteiger partial charge is 0.129 e. The van der Waals surface area contributed by atoms with Crippen molar-refractivity contribution in [2.75, 3.05) is 6.54 Å². The summed E-state index contributed by atoms with van der Waals surface area (Å²) in [5, 5.41) is 3.46. The van der Waals surface area contributed by atoms with E-state index >= 15 is 0 Å². The molecule has 1 aliphatic heterocycles. The zero-order valence-electron chi connectivity index (χ0n) is 18.8. The Balaban J connectivity index is 0.000000265. The maximum absolute atomic E-state index is 4.57. The van der Waals surface area contributed by atoms with E-state index < -0.39 is 0 Å². The van der Waals surface area contributed by atoms with Crippen LogP contribution in [0.5, 0.6) is 0 Å². The molecule has 0 aliphatic carbocycles. The van der Waals surface area contributed by atoms with Gasteiger partial charge in [-0.25, -0.2) is 0 Å². The summed E-state index contributed by atoms with van der Waals surface area (Å²) in [4.78, 5) is 4.57. The fourth-order valence-corrected chi connectivity index (χ4v) is 3.02. The maximum Gasteiger partial charge on any atom is 0.129 e. The minimum atomic E-state index is 0.103. The number of benzene rings is 2. The van der Waals surface area contributed by atoms with E-state index in [0.717, 1.165) is 18.8 Å². The summed E-state index contributed by atoms with van der Waals surface area (Å²) in [7, 11) is 0.